The van der Waals surface area contributed by atoms with E-state index in [9.17, 15) is 0 Å². The maximum Gasteiger partial charge on any atom is 2.00 e. The Hall–Kier alpha value is 2.68. The zero-order chi connectivity index (χ0) is 2.00. The van der Waals surface area contributed by atoms with Gasteiger partial charge in [-0.2, -0.15) is 0 Å². The molecule has 0 aromatic heterocycles. The third-order valence-corrected chi connectivity index (χ3v) is 0. The van der Waals surface area contributed by atoms with Crippen LogP contribution in [0.25, 0.3) is 0 Å². The molecule has 4 heteroatoms. The van der Waals surface area contributed by atoms with Gasteiger partial charge in [-0.15, -0.1) is 0 Å². The minimum atomic E-state index is 0. The van der Waals surface area contributed by atoms with Crippen LogP contribution in [-0.2, 0) is 19.8 Å². The summed E-state index contributed by atoms with van der Waals surface area (Å²) in [7, 11) is 0. The molecule has 0 aliphatic carbocycles. The van der Waals surface area contributed by atoms with Crippen LogP contribution < -0.4 is 0 Å². The largest absolute Gasteiger partial charge is 2.00 e. The number of rotatable bonds is 0. The molecule has 0 aromatic rings. The minimum Gasteiger partial charge on any atom is 2.00 e. The van der Waals surface area contributed by atoms with Crippen LogP contribution in [0, 0.1) is 0 Å². The Balaban J connectivity index is -0.000000000833. The summed E-state index contributed by atoms with van der Waals surface area (Å²) in [5, 5.41) is 0. The fraction of sp³-hybridized carbons (Fsp3) is 0. The van der Waals surface area contributed by atoms with E-state index in [1.807, 2.05) is 15.9 Å². The fourth-order valence-electron chi connectivity index (χ4n) is 0. The van der Waals surface area contributed by atoms with Crippen molar-refractivity contribution in [3.8, 4) is 0 Å². The predicted molar refractivity (Wildman–Crippen MR) is 18.6 cm³/mol. The van der Waals surface area contributed by atoms with Crippen LogP contribution in [0.2, 0.25) is 0 Å². The van der Waals surface area contributed by atoms with Crippen molar-refractivity contribution >= 4 is 71.7 Å². The molecule has 0 fully saturated rings. The zero-order valence-electron chi connectivity index (χ0n) is 4.18. The van der Waals surface area contributed by atoms with E-state index >= 15 is 0 Å². The molecular formula is H5BiFeOSr. The average molecular weight is 373 g/mol. The van der Waals surface area contributed by atoms with E-state index in [0.717, 1.165) is 0 Å². The molecule has 0 aliphatic rings. The second-order valence-corrected chi connectivity index (χ2v) is 0. The van der Waals surface area contributed by atoms with Crippen molar-refractivity contribution in [1.82, 2.24) is 0 Å². The van der Waals surface area contributed by atoms with E-state index in [1.54, 1.807) is 0 Å². The average Bonchev–Trinajstić information content (AvgIpc) is 1.00. The van der Waals surface area contributed by atoms with Crippen molar-refractivity contribution < 1.29 is 22.6 Å². The maximum atomic E-state index is 8.00. The predicted octanol–water partition coefficient (Wildman–Crippen LogP) is -1.46. The number of hydrogen-bond acceptors (Lipinski definition) is 1. The van der Waals surface area contributed by atoms with Crippen molar-refractivity contribution in [2.24, 2.45) is 0 Å². The van der Waals surface area contributed by atoms with E-state index in [1.165, 1.54) is 0 Å². The molecular weight excluding hydrogens is 368 g/mol. The summed E-state index contributed by atoms with van der Waals surface area (Å²) in [6.07, 6.45) is 0. The summed E-state index contributed by atoms with van der Waals surface area (Å²) in [6, 6.07) is 0. The zero-order valence-corrected chi connectivity index (χ0v) is 12.3. The molecule has 1 nitrogen and oxygen atoms in total. The Bertz CT molecular complexity index is 13.5. The summed E-state index contributed by atoms with van der Waals surface area (Å²) in [4.78, 5) is 0. The molecule has 0 saturated heterocycles. The first-order chi connectivity index (χ1) is 1.00. The molecule has 0 atom stereocenters. The normalized spacial score (nSPS) is 1.25. The van der Waals surface area contributed by atoms with Gasteiger partial charge in [0, 0.05) is 0 Å². The Morgan fingerprint density at radius 2 is 1.50 bits per heavy atom. The molecule has 0 amide bonds. The molecule has 0 heterocycles. The second kappa shape index (κ2) is 17.3. The molecule has 4 heavy (non-hydrogen) atoms. The van der Waals surface area contributed by atoms with Crippen molar-refractivity contribution in [2.45, 2.75) is 0 Å². The molecule has 0 radical (unpaired) electrons. The smallest absolute Gasteiger partial charge is 2.00 e. The van der Waals surface area contributed by atoms with Crippen molar-refractivity contribution in [3.63, 3.8) is 0 Å². The summed E-state index contributed by atoms with van der Waals surface area (Å²) in [5.41, 5.74) is 0. The van der Waals surface area contributed by atoms with Gasteiger partial charge in [0.1, 0.15) is 0 Å². The Morgan fingerprint density at radius 3 is 1.50 bits per heavy atom. The monoisotopic (exact) mass is 374 g/mol. The summed E-state index contributed by atoms with van der Waals surface area (Å²) >= 11 is 2.00. The fourth-order valence-corrected chi connectivity index (χ4v) is 0. The number of hydrogen-bond donors (Lipinski definition) is 0. The van der Waals surface area contributed by atoms with Crippen molar-refractivity contribution in [3.05, 3.63) is 0 Å². The van der Waals surface area contributed by atoms with Gasteiger partial charge in [0.15, 0.2) is 0 Å². The Morgan fingerprint density at radius 1 is 1.50 bits per heavy atom. The molecule has 26 valence electrons. The first-order valence-corrected chi connectivity index (χ1v) is 0.595. The standard InChI is InChI=1S/Bi.Fe.O.Sr.5H/q;;;+2;;;;2*-1. The van der Waals surface area contributed by atoms with Gasteiger partial charge in [0.05, 0.1) is 0 Å². The molecule has 0 aromatic carbocycles. The van der Waals surface area contributed by atoms with Gasteiger partial charge >= 0.3 is 91.5 Å². The summed E-state index contributed by atoms with van der Waals surface area (Å²) in [5.74, 6) is 0. The van der Waals surface area contributed by atoms with E-state index in [2.05, 4.69) is 0 Å². The van der Waals surface area contributed by atoms with Gasteiger partial charge in [-0.3, -0.25) is 0 Å². The van der Waals surface area contributed by atoms with Gasteiger partial charge in [0.25, 0.3) is 0 Å². The van der Waals surface area contributed by atoms with Gasteiger partial charge in [0.2, 0.25) is 0 Å². The van der Waals surface area contributed by atoms with E-state index in [-0.39, 0.29) is 74.5 Å². The van der Waals surface area contributed by atoms with Crippen molar-refractivity contribution in [2.75, 3.05) is 0 Å². The third kappa shape index (κ3) is 8.82. The molecule has 0 unspecified atom stereocenters. The van der Waals surface area contributed by atoms with E-state index in [4.69, 9.17) is 3.83 Å². The van der Waals surface area contributed by atoms with Crippen LogP contribution in [-0.4, -0.2) is 71.7 Å². The molecule has 0 saturated carbocycles. The van der Waals surface area contributed by atoms with Gasteiger partial charge < -0.3 is 2.85 Å². The van der Waals surface area contributed by atoms with Crippen LogP contribution >= 0.6 is 0 Å². The topological polar surface area (TPSA) is 17.1 Å². The second-order valence-electron chi connectivity index (χ2n) is 0. The van der Waals surface area contributed by atoms with Gasteiger partial charge in [-0.05, 0) is 0 Å². The SMILES string of the molecule is [BiH3].[H-].[H-].[O]=[Fe].[Sr+2]. The van der Waals surface area contributed by atoms with Crippen LogP contribution in [0.5, 0.6) is 0 Å². The van der Waals surface area contributed by atoms with Gasteiger partial charge in [-0.1, -0.05) is 0 Å². The van der Waals surface area contributed by atoms with Crippen molar-refractivity contribution in [1.29, 1.82) is 0 Å². The maximum absolute atomic E-state index is 8.00. The van der Waals surface area contributed by atoms with E-state index < -0.39 is 0 Å². The molecule has 0 N–H and O–H groups in total. The Kier molecular flexibility index (Phi) is 68.9. The van der Waals surface area contributed by atoms with Crippen LogP contribution in [0.15, 0.2) is 0 Å². The third-order valence-electron chi connectivity index (χ3n) is 0. The minimum absolute atomic E-state index is 0. The first-order valence-electron chi connectivity index (χ1n) is 0.144. The first kappa shape index (κ1) is 15.9. The molecule has 0 rings (SSSR count). The molecule has 0 aliphatic heterocycles. The molecule has 0 bridgehead atoms. The summed E-state index contributed by atoms with van der Waals surface area (Å²) in [6.45, 7) is 0. The quantitative estimate of drug-likeness (QED) is 0.475. The van der Waals surface area contributed by atoms with Crippen LogP contribution in [0.3, 0.4) is 0 Å². The molecule has 0 spiro atoms. The van der Waals surface area contributed by atoms with E-state index in [0.29, 0.717) is 0 Å². The van der Waals surface area contributed by atoms with Crippen LogP contribution in [0.1, 0.15) is 2.85 Å². The van der Waals surface area contributed by atoms with Gasteiger partial charge in [-0.25, -0.2) is 0 Å². The van der Waals surface area contributed by atoms with Crippen LogP contribution in [0.4, 0.5) is 0 Å². The Labute approximate surface area is 92.3 Å². The summed E-state index contributed by atoms with van der Waals surface area (Å²) < 4.78 is 8.00.